The number of rotatable bonds is 4. The fourth-order valence-corrected chi connectivity index (χ4v) is 4.90. The van der Waals surface area contributed by atoms with Gasteiger partial charge in [-0.15, -0.1) is 0 Å². The molecule has 4 aromatic rings. The molecule has 3 heterocycles. The van der Waals surface area contributed by atoms with E-state index in [1.807, 2.05) is 47.2 Å². The highest BCUT2D eigenvalue weighted by Crippen LogP contribution is 2.54. The zero-order chi connectivity index (χ0) is 20.4. The van der Waals surface area contributed by atoms with E-state index in [1.54, 1.807) is 6.33 Å². The third-order valence-corrected chi connectivity index (χ3v) is 6.56. The first kappa shape index (κ1) is 17.4. The fraction of sp³-hybridized carbons (Fsp3) is 0.292. The summed E-state index contributed by atoms with van der Waals surface area (Å²) >= 11 is 0. The molecule has 2 aromatic heterocycles. The van der Waals surface area contributed by atoms with Gasteiger partial charge >= 0.3 is 0 Å². The van der Waals surface area contributed by atoms with E-state index in [0.717, 1.165) is 35.1 Å². The summed E-state index contributed by atoms with van der Waals surface area (Å²) in [6.45, 7) is 2.14. The molecule has 30 heavy (non-hydrogen) atoms. The molecule has 1 saturated heterocycles. The van der Waals surface area contributed by atoms with Crippen LogP contribution in [0.25, 0.3) is 22.2 Å². The number of carbonyl (C=O) groups excluding carboxylic acids is 1. The van der Waals surface area contributed by atoms with E-state index < -0.39 is 0 Å². The molecular weight excluding hydrogens is 374 g/mol. The topological polar surface area (TPSA) is 66.8 Å². The molecule has 0 radical (unpaired) electrons. The van der Waals surface area contributed by atoms with Gasteiger partial charge in [0.2, 0.25) is 5.91 Å². The van der Waals surface area contributed by atoms with Gasteiger partial charge in [-0.3, -0.25) is 9.48 Å². The molecule has 2 aromatic carbocycles. The lowest BCUT2D eigenvalue weighted by molar-refractivity contribution is -0.131. The summed E-state index contributed by atoms with van der Waals surface area (Å²) in [6.07, 6.45) is 7.94. The Morgan fingerprint density at radius 2 is 2.00 bits per heavy atom. The number of β-lactam (4-membered cyclic amide) rings is 1. The number of benzene rings is 2. The maximum atomic E-state index is 13.2. The van der Waals surface area contributed by atoms with Gasteiger partial charge < -0.3 is 9.88 Å². The van der Waals surface area contributed by atoms with Crippen molar-refractivity contribution in [2.24, 2.45) is 18.9 Å². The van der Waals surface area contributed by atoms with Gasteiger partial charge in [0.05, 0.1) is 35.5 Å². The van der Waals surface area contributed by atoms with Crippen molar-refractivity contribution >= 4 is 22.6 Å². The molecule has 1 aliphatic carbocycles. The van der Waals surface area contributed by atoms with Gasteiger partial charge in [0.1, 0.15) is 0 Å². The molecule has 150 valence electrons. The normalized spacial score (nSPS) is 21.3. The molecule has 0 bridgehead atoms. The Balaban J connectivity index is 1.40. The van der Waals surface area contributed by atoms with Crippen LogP contribution in [-0.4, -0.2) is 25.7 Å². The van der Waals surface area contributed by atoms with E-state index in [1.165, 1.54) is 16.7 Å². The van der Waals surface area contributed by atoms with Crippen LogP contribution in [0.2, 0.25) is 0 Å². The van der Waals surface area contributed by atoms with E-state index in [0.29, 0.717) is 5.92 Å². The lowest BCUT2D eigenvalue weighted by Crippen LogP contribution is -2.56. The monoisotopic (exact) mass is 397 g/mol. The third-order valence-electron chi connectivity index (χ3n) is 6.56. The molecule has 1 N–H and O–H groups in total. The minimum atomic E-state index is 0.0890. The van der Waals surface area contributed by atoms with Crippen molar-refractivity contribution in [3.05, 3.63) is 66.2 Å². The summed E-state index contributed by atoms with van der Waals surface area (Å²) in [6, 6.07) is 12.7. The lowest BCUT2D eigenvalue weighted by Gasteiger charge is -2.48. The van der Waals surface area contributed by atoms with Gasteiger partial charge in [0.15, 0.2) is 0 Å². The van der Waals surface area contributed by atoms with Gasteiger partial charge in [-0.05, 0) is 60.6 Å². The quantitative estimate of drug-likeness (QED) is 0.520. The van der Waals surface area contributed by atoms with Gasteiger partial charge in [-0.25, -0.2) is 4.98 Å². The number of anilines is 1. The van der Waals surface area contributed by atoms with E-state index in [9.17, 15) is 4.79 Å². The Kier molecular flexibility index (Phi) is 3.66. The molecule has 6 nitrogen and oxygen atoms in total. The number of amides is 1. The Labute approximate surface area is 174 Å². The molecule has 6 heteroatoms. The molecule has 1 saturated carbocycles. The summed E-state index contributed by atoms with van der Waals surface area (Å²) in [7, 11) is 1.93. The minimum absolute atomic E-state index is 0.0890. The molecule has 6 rings (SSSR count). The number of fused-ring (bicyclic) bond motifs is 1. The Bertz CT molecular complexity index is 1280. The number of nitrogens with zero attached hydrogens (tertiary/aromatic N) is 4. The van der Waals surface area contributed by atoms with Crippen LogP contribution in [0.3, 0.4) is 0 Å². The van der Waals surface area contributed by atoms with Crippen LogP contribution in [-0.2, 0) is 11.8 Å². The Hall–Kier alpha value is -3.41. The molecule has 1 aliphatic heterocycles. The molecule has 0 spiro atoms. The number of aromatic amines is 1. The second-order valence-electron chi connectivity index (χ2n) is 8.60. The first-order valence-corrected chi connectivity index (χ1v) is 10.5. The van der Waals surface area contributed by atoms with E-state index >= 15 is 0 Å². The summed E-state index contributed by atoms with van der Waals surface area (Å²) < 4.78 is 1.82. The van der Waals surface area contributed by atoms with Crippen molar-refractivity contribution in [1.29, 1.82) is 0 Å². The number of aryl methyl sites for hydroxylation is 2. The second-order valence-corrected chi connectivity index (χ2v) is 8.60. The summed E-state index contributed by atoms with van der Waals surface area (Å²) in [5.74, 6) is 0.856. The first-order valence-electron chi connectivity index (χ1n) is 10.5. The lowest BCUT2D eigenvalue weighted by atomic mass is 9.78. The first-order chi connectivity index (χ1) is 14.6. The number of aromatic nitrogens is 4. The van der Waals surface area contributed by atoms with Crippen LogP contribution in [0, 0.1) is 18.8 Å². The van der Waals surface area contributed by atoms with Crippen LogP contribution in [0.4, 0.5) is 5.69 Å². The van der Waals surface area contributed by atoms with E-state index in [-0.39, 0.29) is 17.9 Å². The summed E-state index contributed by atoms with van der Waals surface area (Å²) in [5.41, 5.74) is 7.53. The molecule has 2 aliphatic rings. The van der Waals surface area contributed by atoms with Crippen molar-refractivity contribution in [3.8, 4) is 11.1 Å². The van der Waals surface area contributed by atoms with Crippen LogP contribution >= 0.6 is 0 Å². The smallest absolute Gasteiger partial charge is 0.233 e. The number of H-pyrrole nitrogens is 1. The largest absolute Gasteiger partial charge is 0.345 e. The van der Waals surface area contributed by atoms with Gasteiger partial charge in [-0.2, -0.15) is 5.10 Å². The highest BCUT2D eigenvalue weighted by molar-refractivity contribution is 6.04. The number of carbonyl (C=O) groups is 1. The molecular formula is C24H23N5O. The van der Waals surface area contributed by atoms with Gasteiger partial charge in [0.25, 0.3) is 0 Å². The van der Waals surface area contributed by atoms with Crippen LogP contribution < -0.4 is 4.90 Å². The Morgan fingerprint density at radius 1 is 1.13 bits per heavy atom. The van der Waals surface area contributed by atoms with Gasteiger partial charge in [-0.1, -0.05) is 18.2 Å². The SMILES string of the molecule is Cc1cc([C@@H]2[C@H](C3CC3)C(=O)N2c2ccc3nc[nH]c3c2)ccc1-c1cnn(C)c1. The van der Waals surface area contributed by atoms with Crippen LogP contribution in [0.15, 0.2) is 55.1 Å². The van der Waals surface area contributed by atoms with Crippen LogP contribution in [0.5, 0.6) is 0 Å². The third kappa shape index (κ3) is 2.60. The standard InChI is InChI=1S/C24H23N5O/c1-14-9-16(5-7-19(14)17-11-27-28(2)12-17)23-22(15-3-4-15)24(30)29(23)18-6-8-20-21(10-18)26-13-25-20/h5-13,15,22-23H,3-4H2,1-2H3,(H,25,26)/t22-,23+/m0/s1. The number of nitrogens with one attached hydrogen (secondary N) is 1. The number of hydrogen-bond acceptors (Lipinski definition) is 3. The average molecular weight is 397 g/mol. The van der Waals surface area contributed by atoms with Crippen molar-refractivity contribution < 1.29 is 4.79 Å². The minimum Gasteiger partial charge on any atom is -0.345 e. The molecule has 2 fully saturated rings. The summed E-state index contributed by atoms with van der Waals surface area (Å²) in [5, 5.41) is 4.30. The predicted octanol–water partition coefficient (Wildman–Crippen LogP) is 4.39. The average Bonchev–Trinajstić information content (AvgIpc) is 3.26. The second kappa shape index (κ2) is 6.29. The number of imidazole rings is 1. The summed E-state index contributed by atoms with van der Waals surface area (Å²) in [4.78, 5) is 22.6. The molecule has 0 unspecified atom stereocenters. The fourth-order valence-electron chi connectivity index (χ4n) is 4.90. The maximum absolute atomic E-state index is 13.2. The molecule has 2 atom stereocenters. The van der Waals surface area contributed by atoms with Crippen molar-refractivity contribution in [3.63, 3.8) is 0 Å². The predicted molar refractivity (Wildman–Crippen MR) is 116 cm³/mol. The number of hydrogen-bond donors (Lipinski definition) is 1. The highest BCUT2D eigenvalue weighted by Gasteiger charge is 2.55. The zero-order valence-electron chi connectivity index (χ0n) is 17.0. The van der Waals surface area contributed by atoms with E-state index in [4.69, 9.17) is 0 Å². The van der Waals surface area contributed by atoms with Crippen molar-refractivity contribution in [2.45, 2.75) is 25.8 Å². The van der Waals surface area contributed by atoms with Gasteiger partial charge in [0, 0.05) is 24.5 Å². The zero-order valence-corrected chi connectivity index (χ0v) is 17.0. The van der Waals surface area contributed by atoms with Crippen molar-refractivity contribution in [1.82, 2.24) is 19.7 Å². The maximum Gasteiger partial charge on any atom is 0.233 e. The van der Waals surface area contributed by atoms with Crippen LogP contribution in [0.1, 0.15) is 30.0 Å². The van der Waals surface area contributed by atoms with Crippen molar-refractivity contribution in [2.75, 3.05) is 4.90 Å². The highest BCUT2D eigenvalue weighted by atomic mass is 16.2. The van der Waals surface area contributed by atoms with E-state index in [2.05, 4.69) is 40.2 Å². The molecule has 1 amide bonds. The Morgan fingerprint density at radius 3 is 2.73 bits per heavy atom.